The van der Waals surface area contributed by atoms with Crippen molar-refractivity contribution in [2.45, 2.75) is 157 Å². The van der Waals surface area contributed by atoms with E-state index in [4.69, 9.17) is 42.7 Å². The van der Waals surface area contributed by atoms with E-state index in [0.717, 1.165) is 0 Å². The minimum Gasteiger partial charge on any atom is -0.491 e. The summed E-state index contributed by atoms with van der Waals surface area (Å²) in [6.45, 7) is 44.8. The van der Waals surface area contributed by atoms with Gasteiger partial charge in [0.25, 0.3) is 5.76 Å². The number of carbonyl (C=O) groups is 1. The van der Waals surface area contributed by atoms with Crippen LogP contribution < -0.4 is 0 Å². The van der Waals surface area contributed by atoms with Crippen molar-refractivity contribution in [3.05, 3.63) is 11.7 Å². The zero-order chi connectivity index (χ0) is 38.6. The van der Waals surface area contributed by atoms with Crippen LogP contribution in [0.5, 0.6) is 0 Å². The molecule has 0 rings (SSSR count). The van der Waals surface area contributed by atoms with Crippen molar-refractivity contribution in [3.8, 4) is 0 Å². The summed E-state index contributed by atoms with van der Waals surface area (Å²) in [6.07, 6.45) is 0.654. The topological polar surface area (TPSA) is 109 Å². The maximum atomic E-state index is 14.4. The van der Waals surface area contributed by atoms with Gasteiger partial charge in [0.2, 0.25) is 0 Å². The Morgan fingerprint density at radius 2 is 0.688 bits per heavy atom. The second-order valence-electron chi connectivity index (χ2n) is 18.4. The predicted octanol–water partition coefficient (Wildman–Crippen LogP) is 7.67. The molecule has 0 radical (unpaired) electrons. The van der Waals surface area contributed by atoms with Gasteiger partial charge in [0, 0.05) is 19.6 Å². The second kappa shape index (κ2) is 17.1. The number of hydrogen-bond acceptors (Lipinski definition) is 11. The van der Waals surface area contributed by atoms with Crippen LogP contribution in [-0.4, -0.2) is 98.3 Å². The molecule has 0 heterocycles. The van der Waals surface area contributed by atoms with Gasteiger partial charge in [-0.05, 0) is 124 Å². The Morgan fingerprint density at radius 3 is 0.896 bits per heavy atom. The van der Waals surface area contributed by atoms with Crippen molar-refractivity contribution in [2.24, 2.45) is 0 Å². The van der Waals surface area contributed by atoms with E-state index in [2.05, 4.69) is 118 Å². The number of carbonyl (C=O) groups excluding carboxylic acids is 1. The van der Waals surface area contributed by atoms with E-state index in [1.165, 1.54) is 0 Å². The molecule has 21 heteroatoms. The normalized spacial score (nSPS) is 15.2. The minimum atomic E-state index is -3.59. The third kappa shape index (κ3) is 22.5. The zero-order valence-corrected chi connectivity index (χ0v) is 45.8. The first-order chi connectivity index (χ1) is 20.8. The number of hydrogen-bond donors (Lipinski definition) is 0. The molecular weight excluding hydrogens is 781 g/mol. The molecule has 0 aromatic carbocycles. The molecule has 11 nitrogen and oxygen atoms in total. The summed E-state index contributed by atoms with van der Waals surface area (Å²) in [4.78, 5) is 14.4. The Bertz CT molecular complexity index is 989. The van der Waals surface area contributed by atoms with Crippen molar-refractivity contribution in [1.82, 2.24) is 0 Å². The maximum Gasteiger partial charge on any atom is 0.543 e. The van der Waals surface area contributed by atoms with Gasteiger partial charge in [-0.25, -0.2) is 4.79 Å². The summed E-state index contributed by atoms with van der Waals surface area (Å²) in [7, 11) is -23.7. The summed E-state index contributed by atoms with van der Waals surface area (Å²) >= 11 is 0. The van der Waals surface area contributed by atoms with Crippen molar-refractivity contribution < 1.29 is 47.5 Å². The Morgan fingerprint density at radius 1 is 0.458 bits per heavy atom. The van der Waals surface area contributed by atoms with E-state index in [-0.39, 0.29) is 17.4 Å². The molecule has 0 aliphatic heterocycles. The number of rotatable bonds is 21. The highest BCUT2D eigenvalue weighted by atomic mass is 28.5. The molecule has 0 fully saturated rings. The fourth-order valence-electron chi connectivity index (χ4n) is 4.65. The molecular formula is C27H72O11Si10. The van der Waals surface area contributed by atoms with Gasteiger partial charge in [-0.1, -0.05) is 6.92 Å². The fraction of sp³-hybridized carbons (Fsp3) is 0.889. The molecule has 0 bridgehead atoms. The van der Waals surface area contributed by atoms with E-state index in [1.807, 2.05) is 26.6 Å². The van der Waals surface area contributed by atoms with E-state index in [9.17, 15) is 4.79 Å². The van der Waals surface area contributed by atoms with Crippen LogP contribution in [0.1, 0.15) is 13.3 Å². The van der Waals surface area contributed by atoms with Gasteiger partial charge in [0.1, 0.15) is 0 Å². The molecule has 0 saturated heterocycles. The van der Waals surface area contributed by atoms with Crippen molar-refractivity contribution in [1.29, 1.82) is 0 Å². The molecule has 0 spiro atoms. The fourth-order valence-corrected chi connectivity index (χ4v) is 35.7. The van der Waals surface area contributed by atoms with E-state index in [0.29, 0.717) is 16.7 Å². The largest absolute Gasteiger partial charge is 0.543 e. The van der Waals surface area contributed by atoms with Crippen LogP contribution in [0.3, 0.4) is 0 Å². The molecule has 0 aliphatic rings. The first-order valence-corrected chi connectivity index (χ1v) is 45.3. The van der Waals surface area contributed by atoms with Crippen LogP contribution in [0.15, 0.2) is 11.7 Å². The highest BCUT2D eigenvalue weighted by Gasteiger charge is 2.54. The lowest BCUT2D eigenvalue weighted by Gasteiger charge is -2.41. The third-order valence-corrected chi connectivity index (χ3v) is 31.4. The summed E-state index contributed by atoms with van der Waals surface area (Å²) in [5.74, 6) is -1.19. The quantitative estimate of drug-likeness (QED) is 0.0492. The minimum absolute atomic E-state index is 0.210. The number of esters is 1. The highest BCUT2D eigenvalue weighted by Crippen LogP contribution is 2.33. The summed E-state index contributed by atoms with van der Waals surface area (Å²) in [6, 6.07) is 0. The summed E-state index contributed by atoms with van der Waals surface area (Å²) in [5.41, 5.74) is -0.277. The first-order valence-electron chi connectivity index (χ1n) is 17.0. The molecule has 48 heavy (non-hydrogen) atoms. The average molecular weight is 854 g/mol. The molecule has 1 unspecified atom stereocenters. The van der Waals surface area contributed by atoms with Crippen LogP contribution in [0, 0.1) is 0 Å². The Kier molecular flexibility index (Phi) is 17.3. The summed E-state index contributed by atoms with van der Waals surface area (Å²) in [5, 5.41) is 0. The lowest BCUT2D eigenvalue weighted by Crippen LogP contribution is -2.58. The Balaban J connectivity index is 8.15. The van der Waals surface area contributed by atoms with Crippen LogP contribution in [0.2, 0.25) is 137 Å². The molecule has 0 N–H and O–H groups in total. The van der Waals surface area contributed by atoms with Crippen LogP contribution in [0.4, 0.5) is 0 Å². The SMILES string of the molecule is CCC([SiH3])OC(=O)C(O[Si](C)(O[Si](C)(C)C)O[Si](C)(C)C)=C(O[Si](C)(O[Si](C)(C)C)O[Si](C)(C)C)O[Si](C)(O[Si](C)(C)C)O[Si](C)(C)C. The molecule has 0 amide bonds. The van der Waals surface area contributed by atoms with E-state index < -0.39 is 82.3 Å². The van der Waals surface area contributed by atoms with Gasteiger partial charge in [-0.3, -0.25) is 0 Å². The Labute approximate surface area is 306 Å². The molecule has 0 aromatic rings. The van der Waals surface area contributed by atoms with Crippen molar-refractivity contribution in [2.75, 3.05) is 0 Å². The van der Waals surface area contributed by atoms with Crippen LogP contribution >= 0.6 is 0 Å². The van der Waals surface area contributed by atoms with Crippen LogP contribution in [0.25, 0.3) is 0 Å². The summed E-state index contributed by atoms with van der Waals surface area (Å²) < 4.78 is 66.8. The van der Waals surface area contributed by atoms with Gasteiger partial charge >= 0.3 is 38.3 Å². The van der Waals surface area contributed by atoms with Crippen LogP contribution in [-0.2, 0) is 47.5 Å². The van der Waals surface area contributed by atoms with Gasteiger partial charge in [0.05, 0.1) is 16.0 Å². The number of ether oxygens (including phenoxy) is 1. The zero-order valence-electron chi connectivity index (χ0n) is 34.8. The molecule has 0 saturated carbocycles. The molecule has 0 aliphatic carbocycles. The van der Waals surface area contributed by atoms with Gasteiger partial charge in [-0.15, -0.1) is 0 Å². The Hall–Kier alpha value is 0.539. The third-order valence-electron chi connectivity index (χ3n) is 5.05. The van der Waals surface area contributed by atoms with Gasteiger partial charge in [0.15, 0.2) is 49.9 Å². The molecule has 286 valence electrons. The van der Waals surface area contributed by atoms with E-state index >= 15 is 0 Å². The standard InChI is InChI=1S/C27H72O11Si10/c1-23-24(39)29-26(28)25(30-46(20,33-40(2,3)4)34-41(5,6)7)27(31-47(21,35-42(8,9)10)36-43(11,12)13)32-48(22,37-44(14,15)16)38-45(17,18)19/h24H,23H2,1-22,39H3. The molecule has 1 atom stereocenters. The lowest BCUT2D eigenvalue weighted by molar-refractivity contribution is -0.145. The first kappa shape index (κ1) is 48.5. The van der Waals surface area contributed by atoms with Gasteiger partial charge in [-0.2, -0.15) is 0 Å². The molecule has 0 aromatic heterocycles. The smallest absolute Gasteiger partial charge is 0.491 e. The van der Waals surface area contributed by atoms with Gasteiger partial charge < -0.3 is 42.7 Å². The van der Waals surface area contributed by atoms with E-state index in [1.54, 1.807) is 0 Å². The highest BCUT2D eigenvalue weighted by molar-refractivity contribution is 6.87. The predicted molar refractivity (Wildman–Crippen MR) is 222 cm³/mol. The monoisotopic (exact) mass is 852 g/mol. The second-order valence-corrected chi connectivity index (χ2v) is 55.7. The van der Waals surface area contributed by atoms with Crippen molar-refractivity contribution >= 4 is 92.5 Å². The van der Waals surface area contributed by atoms with Crippen molar-refractivity contribution in [3.63, 3.8) is 0 Å². The average Bonchev–Trinajstić information content (AvgIpc) is 2.67. The maximum absolute atomic E-state index is 14.4. The lowest BCUT2D eigenvalue weighted by atomic mass is 10.5.